The van der Waals surface area contributed by atoms with E-state index in [-0.39, 0.29) is 5.82 Å². The summed E-state index contributed by atoms with van der Waals surface area (Å²) in [6.45, 7) is 6.52. The van der Waals surface area contributed by atoms with Crippen LogP contribution in [-0.2, 0) is 19.4 Å². The van der Waals surface area contributed by atoms with Gasteiger partial charge in [-0.3, -0.25) is 0 Å². The molecular weight excluding hydrogens is 399 g/mol. The van der Waals surface area contributed by atoms with Crippen molar-refractivity contribution in [1.82, 2.24) is 24.8 Å². The number of aryl methyl sites for hydroxylation is 1. The first-order valence-corrected chi connectivity index (χ1v) is 11.1. The molecule has 0 atom stereocenters. The number of halogens is 1. The maximum absolute atomic E-state index is 13.9. The first kappa shape index (κ1) is 20.6. The van der Waals surface area contributed by atoms with E-state index in [0.29, 0.717) is 36.6 Å². The molecule has 1 aliphatic rings. The number of nitrogen functional groups attached to an aromatic ring is 1. The second-order valence-electron chi connectivity index (χ2n) is 7.86. The van der Waals surface area contributed by atoms with Gasteiger partial charge in [-0.05, 0) is 42.1 Å². The molecule has 0 aliphatic carbocycles. The number of nitrogens with one attached hydrogen (secondary N) is 1. The Bertz CT molecular complexity index is 1130. The normalized spacial score (nSPS) is 13.2. The molecule has 3 N–H and O–H groups in total. The highest BCUT2D eigenvalue weighted by molar-refractivity contribution is 7.99. The number of fused-ring (bicyclic) bond motifs is 2. The third kappa shape index (κ3) is 4.13. The van der Waals surface area contributed by atoms with Gasteiger partial charge in [-0.25, -0.2) is 4.98 Å². The zero-order valence-corrected chi connectivity index (χ0v) is 18.0. The predicted molar refractivity (Wildman–Crippen MR) is 119 cm³/mol. The minimum atomic E-state index is -0.846. The summed E-state index contributed by atoms with van der Waals surface area (Å²) in [4.78, 5) is 13.6. The summed E-state index contributed by atoms with van der Waals surface area (Å²) in [5, 5.41) is 3.41. The molecule has 4 rings (SSSR count). The van der Waals surface area contributed by atoms with Crippen molar-refractivity contribution in [3.8, 4) is 12.3 Å². The third-order valence-electron chi connectivity index (χ3n) is 5.16. The number of terminal acetylenes is 1. The number of anilines is 1. The zero-order chi connectivity index (χ0) is 21.3. The average molecular weight is 425 g/mol. The molecule has 0 spiro atoms. The van der Waals surface area contributed by atoms with Gasteiger partial charge in [0.15, 0.2) is 17.0 Å². The summed E-state index contributed by atoms with van der Waals surface area (Å²) in [6, 6.07) is 4.27. The van der Waals surface area contributed by atoms with Crippen molar-refractivity contribution in [2.24, 2.45) is 5.92 Å². The van der Waals surface area contributed by atoms with E-state index in [2.05, 4.69) is 52.2 Å². The molecule has 3 aromatic rings. The molecule has 3 heterocycles. The van der Waals surface area contributed by atoms with Gasteiger partial charge >= 0.3 is 6.08 Å². The van der Waals surface area contributed by atoms with E-state index in [1.165, 1.54) is 10.5 Å². The van der Waals surface area contributed by atoms with Gasteiger partial charge in [0.25, 0.3) is 0 Å². The average Bonchev–Trinajstić information content (AvgIpc) is 3.29. The Kier molecular flexibility index (Phi) is 5.93. The van der Waals surface area contributed by atoms with Crippen LogP contribution in [0.3, 0.4) is 0 Å². The first-order valence-electron chi connectivity index (χ1n) is 10.1. The standard InChI is InChI=1S/C22H25FN6S/c1-4-14-9-15-5-8-30-17(15)10-16(14)11-18-26-19-20(24)27-22(23)28-21(19)29(18)7-6-25-12-13(2)3/h1,9-10,13,25H,5-8,11-12H2,2-3H3,(H2,24,27,28). The fraction of sp³-hybridized carbons (Fsp3) is 0.409. The van der Waals surface area contributed by atoms with E-state index >= 15 is 0 Å². The van der Waals surface area contributed by atoms with Gasteiger partial charge in [-0.1, -0.05) is 19.8 Å². The number of benzene rings is 1. The SMILES string of the molecule is C#Cc1cc2c(cc1Cc1nc3c(N)nc(F)nc3n1CCNCC(C)C)SCC2. The van der Waals surface area contributed by atoms with E-state index < -0.39 is 6.08 Å². The molecule has 0 bridgehead atoms. The number of rotatable bonds is 7. The molecule has 30 heavy (non-hydrogen) atoms. The lowest BCUT2D eigenvalue weighted by atomic mass is 10.0. The van der Waals surface area contributed by atoms with Crippen LogP contribution in [0.5, 0.6) is 0 Å². The topological polar surface area (TPSA) is 81.7 Å². The van der Waals surface area contributed by atoms with Crippen LogP contribution in [0.1, 0.15) is 36.4 Å². The molecule has 0 radical (unpaired) electrons. The van der Waals surface area contributed by atoms with Crippen LogP contribution < -0.4 is 11.1 Å². The number of aromatic nitrogens is 4. The van der Waals surface area contributed by atoms with Gasteiger partial charge in [0.2, 0.25) is 0 Å². The van der Waals surface area contributed by atoms with E-state index in [1.54, 1.807) is 0 Å². The first-order chi connectivity index (χ1) is 14.5. The fourth-order valence-corrected chi connectivity index (χ4v) is 4.82. The molecule has 8 heteroatoms. The highest BCUT2D eigenvalue weighted by atomic mass is 32.2. The van der Waals surface area contributed by atoms with E-state index in [4.69, 9.17) is 12.2 Å². The van der Waals surface area contributed by atoms with Crippen molar-refractivity contribution >= 4 is 28.7 Å². The van der Waals surface area contributed by atoms with E-state index in [0.717, 1.165) is 35.7 Å². The van der Waals surface area contributed by atoms with E-state index in [1.807, 2.05) is 16.3 Å². The van der Waals surface area contributed by atoms with Gasteiger partial charge in [0, 0.05) is 35.7 Å². The van der Waals surface area contributed by atoms with Crippen molar-refractivity contribution in [3.63, 3.8) is 0 Å². The summed E-state index contributed by atoms with van der Waals surface area (Å²) in [5.41, 5.74) is 9.99. The van der Waals surface area contributed by atoms with Crippen molar-refractivity contribution < 1.29 is 4.39 Å². The number of thioether (sulfide) groups is 1. The molecule has 156 valence electrons. The van der Waals surface area contributed by atoms with Crippen LogP contribution >= 0.6 is 11.8 Å². The Hall–Kier alpha value is -2.63. The molecular formula is C22H25FN6S. The highest BCUT2D eigenvalue weighted by Gasteiger charge is 2.20. The van der Waals surface area contributed by atoms with Gasteiger partial charge in [0.05, 0.1) is 0 Å². The maximum atomic E-state index is 13.9. The molecule has 1 aromatic carbocycles. The number of hydrogen-bond donors (Lipinski definition) is 2. The van der Waals surface area contributed by atoms with Crippen molar-refractivity contribution in [2.75, 3.05) is 24.6 Å². The third-order valence-corrected chi connectivity index (χ3v) is 6.26. The lowest BCUT2D eigenvalue weighted by molar-refractivity contribution is 0.517. The van der Waals surface area contributed by atoms with Gasteiger partial charge in [-0.2, -0.15) is 14.4 Å². The van der Waals surface area contributed by atoms with Crippen LogP contribution in [0.15, 0.2) is 17.0 Å². The van der Waals surface area contributed by atoms with Gasteiger partial charge < -0.3 is 15.6 Å². The summed E-state index contributed by atoms with van der Waals surface area (Å²) in [5.74, 6) is 5.24. The number of hydrogen-bond acceptors (Lipinski definition) is 6. The Labute approximate surface area is 179 Å². The highest BCUT2D eigenvalue weighted by Crippen LogP contribution is 2.34. The lowest BCUT2D eigenvalue weighted by Crippen LogP contribution is -2.25. The zero-order valence-electron chi connectivity index (χ0n) is 17.2. The van der Waals surface area contributed by atoms with Crippen LogP contribution in [0, 0.1) is 24.3 Å². The smallest absolute Gasteiger partial charge is 0.312 e. The summed E-state index contributed by atoms with van der Waals surface area (Å²) in [6.07, 6.45) is 6.51. The lowest BCUT2D eigenvalue weighted by Gasteiger charge is -2.12. The quantitative estimate of drug-likeness (QED) is 0.345. The second-order valence-corrected chi connectivity index (χ2v) is 9.00. The van der Waals surface area contributed by atoms with Crippen molar-refractivity contribution in [3.05, 3.63) is 40.7 Å². The van der Waals surface area contributed by atoms with Crippen molar-refractivity contribution in [1.29, 1.82) is 0 Å². The number of nitrogens with two attached hydrogens (primary N) is 1. The monoisotopic (exact) mass is 424 g/mol. The van der Waals surface area contributed by atoms with Crippen LogP contribution in [0.25, 0.3) is 11.2 Å². The Morgan fingerprint density at radius 2 is 2.17 bits per heavy atom. The second kappa shape index (κ2) is 8.62. The molecule has 6 nitrogen and oxygen atoms in total. The predicted octanol–water partition coefficient (Wildman–Crippen LogP) is 3.01. The number of imidazole rings is 1. The maximum Gasteiger partial charge on any atom is 0.312 e. The molecule has 0 amide bonds. The molecule has 0 fully saturated rings. The summed E-state index contributed by atoms with van der Waals surface area (Å²) >= 11 is 1.85. The van der Waals surface area contributed by atoms with Crippen LogP contribution in [0.2, 0.25) is 0 Å². The largest absolute Gasteiger partial charge is 0.382 e. The Balaban J connectivity index is 1.72. The molecule has 0 saturated heterocycles. The van der Waals surface area contributed by atoms with Crippen LogP contribution in [-0.4, -0.2) is 38.4 Å². The molecule has 0 saturated carbocycles. The summed E-state index contributed by atoms with van der Waals surface area (Å²) in [7, 11) is 0. The Morgan fingerprint density at radius 1 is 1.33 bits per heavy atom. The fourth-order valence-electron chi connectivity index (χ4n) is 3.71. The minimum Gasteiger partial charge on any atom is -0.382 e. The van der Waals surface area contributed by atoms with Crippen molar-refractivity contribution in [2.45, 2.75) is 38.1 Å². The van der Waals surface area contributed by atoms with Crippen LogP contribution in [0.4, 0.5) is 10.2 Å². The molecule has 2 aromatic heterocycles. The van der Waals surface area contributed by atoms with Gasteiger partial charge in [-0.15, -0.1) is 18.2 Å². The Morgan fingerprint density at radius 3 is 2.93 bits per heavy atom. The summed E-state index contributed by atoms with van der Waals surface area (Å²) < 4.78 is 15.8. The number of nitrogens with zero attached hydrogens (tertiary/aromatic N) is 4. The minimum absolute atomic E-state index is 0.0503. The molecule has 0 unspecified atom stereocenters. The molecule has 1 aliphatic heterocycles. The van der Waals surface area contributed by atoms with Gasteiger partial charge in [0.1, 0.15) is 5.82 Å². The van der Waals surface area contributed by atoms with E-state index in [9.17, 15) is 4.39 Å².